The van der Waals surface area contributed by atoms with Crippen molar-refractivity contribution in [3.8, 4) is 0 Å². The van der Waals surface area contributed by atoms with E-state index in [4.69, 9.17) is 0 Å². The first kappa shape index (κ1) is 16.5. The van der Waals surface area contributed by atoms with E-state index in [2.05, 4.69) is 39.5 Å². The maximum Gasteiger partial charge on any atom is 0.269 e. The molecule has 0 aliphatic carbocycles. The highest BCUT2D eigenvalue weighted by atomic mass is 16.1. The van der Waals surface area contributed by atoms with Gasteiger partial charge in [-0.25, -0.2) is 0 Å². The molecule has 0 radical (unpaired) electrons. The van der Waals surface area contributed by atoms with Crippen LogP contribution in [0.15, 0.2) is 42.6 Å². The monoisotopic (exact) mass is 324 g/mol. The zero-order chi connectivity index (χ0) is 16.9. The Kier molecular flexibility index (Phi) is 5.11. The molecule has 0 saturated heterocycles. The highest BCUT2D eigenvalue weighted by molar-refractivity contribution is 5.93. The van der Waals surface area contributed by atoms with Crippen molar-refractivity contribution in [1.82, 2.24) is 15.2 Å². The third-order valence-corrected chi connectivity index (χ3v) is 4.32. The fraction of sp³-hybridized carbons (Fsp3) is 0.368. The van der Waals surface area contributed by atoms with E-state index in [-0.39, 0.29) is 5.91 Å². The minimum absolute atomic E-state index is 0.115. The van der Waals surface area contributed by atoms with Crippen LogP contribution >= 0.6 is 0 Å². The lowest BCUT2D eigenvalue weighted by Gasteiger charge is -2.30. The van der Waals surface area contributed by atoms with Crippen LogP contribution in [0.5, 0.6) is 0 Å². The van der Waals surface area contributed by atoms with Gasteiger partial charge in [0.05, 0.1) is 0 Å². The van der Waals surface area contributed by atoms with Gasteiger partial charge in [-0.3, -0.25) is 9.78 Å². The maximum absolute atomic E-state index is 12.2. The van der Waals surface area contributed by atoms with Crippen LogP contribution in [0.2, 0.25) is 0 Å². The van der Waals surface area contributed by atoms with Crippen LogP contribution < -0.4 is 10.2 Å². The molecule has 0 saturated carbocycles. The first-order valence-electron chi connectivity index (χ1n) is 8.34. The minimum atomic E-state index is -0.115. The van der Waals surface area contributed by atoms with Gasteiger partial charge in [-0.05, 0) is 43.8 Å². The van der Waals surface area contributed by atoms with Crippen LogP contribution in [0, 0.1) is 0 Å². The average molecular weight is 324 g/mol. The van der Waals surface area contributed by atoms with Crippen molar-refractivity contribution in [1.29, 1.82) is 0 Å². The van der Waals surface area contributed by atoms with Gasteiger partial charge in [0.15, 0.2) is 0 Å². The van der Waals surface area contributed by atoms with E-state index in [1.165, 1.54) is 11.1 Å². The number of nitrogens with one attached hydrogen (secondary N) is 1. The fourth-order valence-electron chi connectivity index (χ4n) is 2.94. The molecule has 5 nitrogen and oxygen atoms in total. The number of hydrogen-bond acceptors (Lipinski definition) is 4. The first-order valence-corrected chi connectivity index (χ1v) is 8.34. The average Bonchev–Trinajstić information content (AvgIpc) is 2.61. The molecule has 0 unspecified atom stereocenters. The van der Waals surface area contributed by atoms with Crippen LogP contribution in [0.25, 0.3) is 0 Å². The van der Waals surface area contributed by atoms with Gasteiger partial charge >= 0.3 is 0 Å². The number of carbonyl (C=O) groups excluding carboxylic acids is 1. The van der Waals surface area contributed by atoms with Crippen molar-refractivity contribution in [3.63, 3.8) is 0 Å². The van der Waals surface area contributed by atoms with Crippen LogP contribution in [0.4, 0.5) is 5.69 Å². The summed E-state index contributed by atoms with van der Waals surface area (Å²) in [5.41, 5.74) is 4.31. The van der Waals surface area contributed by atoms with Crippen LogP contribution in [0.3, 0.4) is 0 Å². The lowest BCUT2D eigenvalue weighted by Crippen LogP contribution is -2.33. The highest BCUT2D eigenvalue weighted by Crippen LogP contribution is 2.24. The van der Waals surface area contributed by atoms with Crippen molar-refractivity contribution in [2.45, 2.75) is 13.0 Å². The molecule has 0 fully saturated rings. The van der Waals surface area contributed by atoms with E-state index in [1.807, 2.05) is 31.1 Å². The second kappa shape index (κ2) is 7.45. The van der Waals surface area contributed by atoms with Gasteiger partial charge in [0, 0.05) is 38.1 Å². The number of pyridine rings is 1. The quantitative estimate of drug-likeness (QED) is 0.913. The van der Waals surface area contributed by atoms with Crippen LogP contribution in [-0.2, 0) is 13.0 Å². The number of hydrogen-bond donors (Lipinski definition) is 1. The summed E-state index contributed by atoms with van der Waals surface area (Å²) in [4.78, 5) is 20.8. The molecular weight excluding hydrogens is 300 g/mol. The second-order valence-electron chi connectivity index (χ2n) is 6.40. The SMILES string of the molecule is CN(C)CCNC(=O)c1cc(N2CCc3ccccc3C2)ccn1. The van der Waals surface area contributed by atoms with Gasteiger partial charge in [-0.2, -0.15) is 0 Å². The molecule has 2 heterocycles. The molecule has 1 N–H and O–H groups in total. The Balaban J connectivity index is 1.68. The van der Waals surface area contributed by atoms with E-state index >= 15 is 0 Å². The summed E-state index contributed by atoms with van der Waals surface area (Å²) in [5.74, 6) is -0.115. The van der Waals surface area contributed by atoms with Crippen molar-refractivity contribution >= 4 is 11.6 Å². The summed E-state index contributed by atoms with van der Waals surface area (Å²) >= 11 is 0. The molecule has 1 aliphatic heterocycles. The minimum Gasteiger partial charge on any atom is -0.367 e. The van der Waals surface area contributed by atoms with Gasteiger partial charge in [0.2, 0.25) is 0 Å². The van der Waals surface area contributed by atoms with E-state index in [0.717, 1.165) is 31.7 Å². The number of rotatable bonds is 5. The van der Waals surface area contributed by atoms with Crippen LogP contribution in [0.1, 0.15) is 21.6 Å². The number of likely N-dealkylation sites (N-methyl/N-ethyl adjacent to an activating group) is 1. The van der Waals surface area contributed by atoms with Gasteiger partial charge < -0.3 is 15.1 Å². The topological polar surface area (TPSA) is 48.5 Å². The third-order valence-electron chi connectivity index (χ3n) is 4.32. The fourth-order valence-corrected chi connectivity index (χ4v) is 2.94. The number of anilines is 1. The number of fused-ring (bicyclic) bond motifs is 1. The molecule has 1 aromatic heterocycles. The predicted octanol–water partition coefficient (Wildman–Crippen LogP) is 1.94. The highest BCUT2D eigenvalue weighted by Gasteiger charge is 2.17. The first-order chi connectivity index (χ1) is 11.6. The Labute approximate surface area is 143 Å². The molecule has 24 heavy (non-hydrogen) atoms. The Bertz CT molecular complexity index is 714. The van der Waals surface area contributed by atoms with Gasteiger partial charge in [0.1, 0.15) is 5.69 Å². The number of benzene rings is 1. The van der Waals surface area contributed by atoms with Crippen molar-refractivity contribution in [3.05, 3.63) is 59.4 Å². The molecule has 1 aliphatic rings. The second-order valence-corrected chi connectivity index (χ2v) is 6.40. The largest absolute Gasteiger partial charge is 0.367 e. The lowest BCUT2D eigenvalue weighted by atomic mass is 9.99. The van der Waals surface area contributed by atoms with E-state index < -0.39 is 0 Å². The van der Waals surface area contributed by atoms with E-state index in [9.17, 15) is 4.79 Å². The lowest BCUT2D eigenvalue weighted by molar-refractivity contribution is 0.0946. The summed E-state index contributed by atoms with van der Waals surface area (Å²) in [6.07, 6.45) is 2.75. The molecule has 0 bridgehead atoms. The molecule has 2 aromatic rings. The Hall–Kier alpha value is -2.40. The Morgan fingerprint density at radius 1 is 1.25 bits per heavy atom. The summed E-state index contributed by atoms with van der Waals surface area (Å²) in [6.45, 7) is 3.27. The molecule has 126 valence electrons. The zero-order valence-electron chi connectivity index (χ0n) is 14.3. The predicted molar refractivity (Wildman–Crippen MR) is 96.3 cm³/mol. The van der Waals surface area contributed by atoms with Crippen molar-refractivity contribution in [2.75, 3.05) is 38.6 Å². The van der Waals surface area contributed by atoms with E-state index in [1.54, 1.807) is 6.20 Å². The molecule has 3 rings (SSSR count). The summed E-state index contributed by atoms with van der Waals surface area (Å²) < 4.78 is 0. The number of aromatic nitrogens is 1. The summed E-state index contributed by atoms with van der Waals surface area (Å²) in [6, 6.07) is 12.4. The van der Waals surface area contributed by atoms with Gasteiger partial charge in [0.25, 0.3) is 5.91 Å². The van der Waals surface area contributed by atoms with E-state index in [0.29, 0.717) is 12.2 Å². The molecule has 5 heteroatoms. The van der Waals surface area contributed by atoms with Gasteiger partial charge in [-0.15, -0.1) is 0 Å². The Morgan fingerprint density at radius 2 is 2.04 bits per heavy atom. The normalized spacial score (nSPS) is 13.7. The van der Waals surface area contributed by atoms with Crippen LogP contribution in [-0.4, -0.2) is 49.5 Å². The van der Waals surface area contributed by atoms with Crippen molar-refractivity contribution < 1.29 is 4.79 Å². The third kappa shape index (κ3) is 3.92. The smallest absolute Gasteiger partial charge is 0.269 e. The molecule has 1 amide bonds. The zero-order valence-corrected chi connectivity index (χ0v) is 14.3. The summed E-state index contributed by atoms with van der Waals surface area (Å²) in [7, 11) is 3.97. The number of nitrogens with zero attached hydrogens (tertiary/aromatic N) is 3. The number of carbonyl (C=O) groups is 1. The standard InChI is InChI=1S/C19H24N4O/c1-22(2)12-10-21-19(24)18-13-17(7-9-20-18)23-11-8-15-5-3-4-6-16(15)14-23/h3-7,9,13H,8,10-12,14H2,1-2H3,(H,21,24). The Morgan fingerprint density at radius 3 is 2.83 bits per heavy atom. The summed E-state index contributed by atoms with van der Waals surface area (Å²) in [5, 5.41) is 2.91. The molecular formula is C19H24N4O. The molecule has 1 aromatic carbocycles. The van der Waals surface area contributed by atoms with Crippen molar-refractivity contribution in [2.24, 2.45) is 0 Å². The van der Waals surface area contributed by atoms with Gasteiger partial charge in [-0.1, -0.05) is 24.3 Å². The number of amides is 1. The molecule has 0 atom stereocenters. The maximum atomic E-state index is 12.2. The molecule has 0 spiro atoms.